The zero-order chi connectivity index (χ0) is 26.8. The molecule has 6 heteroatoms. The van der Waals surface area contributed by atoms with E-state index in [1.165, 1.54) is 0 Å². The maximum atomic E-state index is 11.8. The normalized spacial score (nSPS) is 48.4. The molecule has 0 aromatic rings. The summed E-state index contributed by atoms with van der Waals surface area (Å²) in [6, 6.07) is 0. The number of hydrogen-bond acceptors (Lipinski definition) is 5. The predicted octanol–water partition coefficient (Wildman–Crippen LogP) is 4.88. The van der Waals surface area contributed by atoms with Crippen LogP contribution in [0.25, 0.3) is 0 Å². The highest BCUT2D eigenvalue weighted by atomic mass is 16.5. The molecule has 4 aliphatic carbocycles. The van der Waals surface area contributed by atoms with Gasteiger partial charge in [0.2, 0.25) is 0 Å². The van der Waals surface area contributed by atoms with Crippen molar-refractivity contribution >= 4 is 5.97 Å². The number of rotatable bonds is 6. The Morgan fingerprint density at radius 2 is 1.61 bits per heavy atom. The molecule has 208 valence electrons. The quantitative estimate of drug-likeness (QED) is 0.407. The van der Waals surface area contributed by atoms with Crippen molar-refractivity contribution in [3.8, 4) is 0 Å². The second kappa shape index (κ2) is 9.81. The molecule has 2 unspecified atom stereocenters. The molecule has 4 rings (SSSR count). The Bertz CT molecular complexity index is 808. The van der Waals surface area contributed by atoms with Gasteiger partial charge in [-0.15, -0.1) is 0 Å². The number of carboxylic acid groups (broad SMARTS) is 1. The maximum Gasteiger partial charge on any atom is 0.303 e. The van der Waals surface area contributed by atoms with Gasteiger partial charge in [-0.25, -0.2) is 0 Å². The van der Waals surface area contributed by atoms with Crippen molar-refractivity contribution in [1.29, 1.82) is 0 Å². The minimum absolute atomic E-state index is 0.0267. The van der Waals surface area contributed by atoms with Crippen LogP contribution in [0.15, 0.2) is 0 Å². The summed E-state index contributed by atoms with van der Waals surface area (Å²) in [4.78, 5) is 11.2. The van der Waals surface area contributed by atoms with Gasteiger partial charge in [0.15, 0.2) is 0 Å². The molecule has 6 nitrogen and oxygen atoms in total. The maximum absolute atomic E-state index is 11.8. The first-order valence-corrected chi connectivity index (χ1v) is 14.5. The topological polar surface area (TPSA) is 107 Å². The summed E-state index contributed by atoms with van der Waals surface area (Å²) in [5, 5.41) is 43.6. The van der Waals surface area contributed by atoms with Crippen LogP contribution in [0.1, 0.15) is 99.8 Å². The van der Waals surface area contributed by atoms with Gasteiger partial charge >= 0.3 is 5.97 Å². The Hall–Kier alpha value is -0.690. The molecule has 0 spiro atoms. The van der Waals surface area contributed by atoms with Gasteiger partial charge in [0.05, 0.1) is 30.0 Å². The monoisotopic (exact) mass is 508 g/mol. The standard InChI is InChI=1S/C30H52O6/c1-16(8-11-26(34)35)20-9-10-21-27-23(15-25(33)30(20,21)7)29(6)18(13-24(27)32)12-19(31)14-22(29)17(2)36-28(3,4)5/h16-25,27,31-33H,8-15H2,1-7H3,(H,34,35)/t16-,17?,18+,19+,20-,21+,22?,23+,24-,25+,27+,29-,30-/m1/s1. The van der Waals surface area contributed by atoms with E-state index in [0.717, 1.165) is 12.8 Å². The van der Waals surface area contributed by atoms with Gasteiger partial charge in [-0.05, 0) is 125 Å². The molecule has 0 bridgehead atoms. The van der Waals surface area contributed by atoms with Crippen molar-refractivity contribution in [2.24, 2.45) is 52.3 Å². The van der Waals surface area contributed by atoms with Gasteiger partial charge in [-0.1, -0.05) is 20.8 Å². The first kappa shape index (κ1) is 28.3. The predicted molar refractivity (Wildman–Crippen MR) is 139 cm³/mol. The highest BCUT2D eigenvalue weighted by molar-refractivity contribution is 5.66. The number of ether oxygens (including phenoxy) is 1. The second-order valence-corrected chi connectivity index (χ2v) is 14.5. The molecule has 4 aliphatic rings. The Kier molecular flexibility index (Phi) is 7.71. The Morgan fingerprint density at radius 3 is 2.22 bits per heavy atom. The average Bonchev–Trinajstić information content (AvgIpc) is 3.11. The minimum atomic E-state index is -0.760. The number of aliphatic carboxylic acids is 1. The zero-order valence-electron chi connectivity index (χ0n) is 23.6. The third kappa shape index (κ3) is 4.67. The first-order chi connectivity index (χ1) is 16.6. The Balaban J connectivity index is 1.67. The minimum Gasteiger partial charge on any atom is -0.481 e. The summed E-state index contributed by atoms with van der Waals surface area (Å²) in [5.74, 6) is 0.622. The van der Waals surface area contributed by atoms with Crippen molar-refractivity contribution in [2.45, 2.75) is 130 Å². The number of fused-ring (bicyclic) bond motifs is 5. The van der Waals surface area contributed by atoms with Gasteiger partial charge < -0.3 is 25.2 Å². The lowest BCUT2D eigenvalue weighted by atomic mass is 9.40. The van der Waals surface area contributed by atoms with Crippen LogP contribution in [0, 0.1) is 52.3 Å². The van der Waals surface area contributed by atoms with Crippen LogP contribution in [-0.2, 0) is 9.53 Å². The molecule has 36 heavy (non-hydrogen) atoms. The van der Waals surface area contributed by atoms with Crippen molar-refractivity contribution in [2.75, 3.05) is 0 Å². The number of carboxylic acids is 1. The van der Waals surface area contributed by atoms with Crippen molar-refractivity contribution in [3.05, 3.63) is 0 Å². The third-order valence-corrected chi connectivity index (χ3v) is 11.6. The lowest BCUT2D eigenvalue weighted by molar-refractivity contribution is -0.240. The van der Waals surface area contributed by atoms with Gasteiger partial charge in [-0.3, -0.25) is 4.79 Å². The lowest BCUT2D eigenvalue weighted by Gasteiger charge is -2.66. The summed E-state index contributed by atoms with van der Waals surface area (Å²) in [7, 11) is 0. The smallest absolute Gasteiger partial charge is 0.303 e. The first-order valence-electron chi connectivity index (χ1n) is 14.5. The molecule has 0 heterocycles. The van der Waals surface area contributed by atoms with Crippen LogP contribution >= 0.6 is 0 Å². The van der Waals surface area contributed by atoms with E-state index in [9.17, 15) is 25.2 Å². The molecule has 13 atom stereocenters. The van der Waals surface area contributed by atoms with Gasteiger partial charge in [0.1, 0.15) is 0 Å². The molecule has 0 aliphatic heterocycles. The number of aliphatic hydroxyl groups excluding tert-OH is 3. The zero-order valence-corrected chi connectivity index (χ0v) is 23.6. The molecule has 4 saturated carbocycles. The van der Waals surface area contributed by atoms with E-state index in [0.29, 0.717) is 32.1 Å². The number of aliphatic hydroxyl groups is 3. The summed E-state index contributed by atoms with van der Waals surface area (Å²) >= 11 is 0. The van der Waals surface area contributed by atoms with Crippen LogP contribution in [-0.4, -0.2) is 56.4 Å². The average molecular weight is 509 g/mol. The van der Waals surface area contributed by atoms with E-state index in [-0.39, 0.29) is 76.5 Å². The van der Waals surface area contributed by atoms with Crippen LogP contribution in [0.5, 0.6) is 0 Å². The summed E-state index contributed by atoms with van der Waals surface area (Å²) in [6.45, 7) is 15.1. The van der Waals surface area contributed by atoms with E-state index in [2.05, 4.69) is 48.5 Å². The molecule has 0 saturated heterocycles. The van der Waals surface area contributed by atoms with Crippen LogP contribution in [0.2, 0.25) is 0 Å². The molecule has 0 aromatic heterocycles. The molecule has 0 radical (unpaired) electrons. The van der Waals surface area contributed by atoms with Crippen molar-refractivity contribution in [1.82, 2.24) is 0 Å². The lowest BCUT2D eigenvalue weighted by Crippen LogP contribution is -2.65. The largest absolute Gasteiger partial charge is 0.481 e. The Morgan fingerprint density at radius 1 is 0.944 bits per heavy atom. The molecular formula is C30H52O6. The highest BCUT2D eigenvalue weighted by Gasteiger charge is 2.67. The summed E-state index contributed by atoms with van der Waals surface area (Å²) < 4.78 is 6.49. The number of carbonyl (C=O) groups is 1. The highest BCUT2D eigenvalue weighted by Crippen LogP contribution is 2.69. The van der Waals surface area contributed by atoms with Gasteiger partial charge in [0, 0.05) is 6.42 Å². The van der Waals surface area contributed by atoms with Crippen LogP contribution < -0.4 is 0 Å². The number of hydrogen-bond donors (Lipinski definition) is 4. The van der Waals surface area contributed by atoms with Crippen molar-refractivity contribution < 1.29 is 30.0 Å². The Labute approximate surface area is 218 Å². The van der Waals surface area contributed by atoms with Gasteiger partial charge in [0.25, 0.3) is 0 Å². The van der Waals surface area contributed by atoms with E-state index in [4.69, 9.17) is 4.74 Å². The molecule has 0 amide bonds. The van der Waals surface area contributed by atoms with E-state index in [1.54, 1.807) is 0 Å². The SMILES string of the molecule is CC(OC(C)(C)C)C1C[C@@H](O)C[C@H]2C[C@@H](O)[C@@H]3[C@H](C[C@H](O)[C@]4(C)[C@@H]([C@H](C)CCC(=O)O)CC[C@@H]34)[C@@]12C. The molecule has 4 fully saturated rings. The summed E-state index contributed by atoms with van der Waals surface area (Å²) in [5.41, 5.74) is -0.708. The second-order valence-electron chi connectivity index (χ2n) is 14.5. The van der Waals surface area contributed by atoms with Crippen molar-refractivity contribution in [3.63, 3.8) is 0 Å². The third-order valence-electron chi connectivity index (χ3n) is 11.6. The molecular weight excluding hydrogens is 456 g/mol. The van der Waals surface area contributed by atoms with E-state index >= 15 is 0 Å². The van der Waals surface area contributed by atoms with Gasteiger partial charge in [-0.2, -0.15) is 0 Å². The van der Waals surface area contributed by atoms with E-state index < -0.39 is 18.2 Å². The summed E-state index contributed by atoms with van der Waals surface area (Å²) in [6.07, 6.45) is 4.24. The van der Waals surface area contributed by atoms with Crippen LogP contribution in [0.3, 0.4) is 0 Å². The fourth-order valence-corrected chi connectivity index (χ4v) is 10.2. The van der Waals surface area contributed by atoms with E-state index in [1.807, 2.05) is 0 Å². The molecule has 4 N–H and O–H groups in total. The molecule has 0 aromatic carbocycles. The fraction of sp³-hybridized carbons (Fsp3) is 0.967. The van der Waals surface area contributed by atoms with Crippen LogP contribution in [0.4, 0.5) is 0 Å². The fourth-order valence-electron chi connectivity index (χ4n) is 10.2.